The van der Waals surface area contributed by atoms with E-state index in [1.54, 1.807) is 7.05 Å². The van der Waals surface area contributed by atoms with E-state index in [-0.39, 0.29) is 0 Å². The number of nitrogens with one attached hydrogen (secondary N) is 1. The summed E-state index contributed by atoms with van der Waals surface area (Å²) in [5, 5.41) is 12.8. The predicted octanol–water partition coefficient (Wildman–Crippen LogP) is 0.711. The quantitative estimate of drug-likeness (QED) is 0.597. The van der Waals surface area contributed by atoms with E-state index in [1.165, 1.54) is 0 Å². The van der Waals surface area contributed by atoms with Gasteiger partial charge >= 0.3 is 0 Å². The van der Waals surface area contributed by atoms with E-state index in [1.807, 2.05) is 30.3 Å². The molecule has 0 amide bonds. The Kier molecular flexibility index (Phi) is 5.85. The summed E-state index contributed by atoms with van der Waals surface area (Å²) in [4.78, 5) is 0. The van der Waals surface area contributed by atoms with E-state index < -0.39 is 12.3 Å². The van der Waals surface area contributed by atoms with Crippen molar-refractivity contribution in [3.05, 3.63) is 30.3 Å². The third kappa shape index (κ3) is 4.18. The smallest absolute Gasteiger partial charge is 0.176 e. The zero-order chi connectivity index (χ0) is 11.8. The zero-order valence-electron chi connectivity index (χ0n) is 9.60. The van der Waals surface area contributed by atoms with Crippen molar-refractivity contribution in [2.45, 2.75) is 25.2 Å². The average molecular weight is 224 g/mol. The molecule has 0 aliphatic heterocycles. The minimum absolute atomic E-state index is 0.394. The number of aliphatic hydroxyl groups excluding tert-OH is 1. The Morgan fingerprint density at radius 1 is 1.38 bits per heavy atom. The molecule has 0 heterocycles. The van der Waals surface area contributed by atoms with Gasteiger partial charge in [0.25, 0.3) is 0 Å². The number of benzene rings is 1. The molecule has 0 saturated heterocycles. The Morgan fingerprint density at radius 3 is 2.62 bits per heavy atom. The maximum atomic E-state index is 9.86. The number of likely N-dealkylation sites (N-methyl/N-ethyl adjacent to an activating group) is 1. The highest BCUT2D eigenvalue weighted by Crippen LogP contribution is 2.12. The SMILES string of the molecule is CNC(Oc1ccccc1)C(O)CCCN. The second-order valence-corrected chi connectivity index (χ2v) is 3.64. The highest BCUT2D eigenvalue weighted by molar-refractivity contribution is 5.21. The second-order valence-electron chi connectivity index (χ2n) is 3.64. The van der Waals surface area contributed by atoms with Crippen LogP contribution >= 0.6 is 0 Å². The van der Waals surface area contributed by atoms with E-state index in [0.717, 1.165) is 12.2 Å². The Balaban J connectivity index is 2.48. The minimum Gasteiger partial charge on any atom is -0.473 e. The van der Waals surface area contributed by atoms with E-state index in [2.05, 4.69) is 5.32 Å². The molecule has 2 atom stereocenters. The number of aliphatic hydroxyl groups is 1. The Bertz CT molecular complexity index is 280. The molecule has 4 nitrogen and oxygen atoms in total. The summed E-state index contributed by atoms with van der Waals surface area (Å²) in [6.07, 6.45) is 0.481. The Labute approximate surface area is 96.4 Å². The largest absolute Gasteiger partial charge is 0.473 e. The lowest BCUT2D eigenvalue weighted by Gasteiger charge is -2.23. The van der Waals surface area contributed by atoms with Crippen molar-refractivity contribution in [3.8, 4) is 5.75 Å². The molecular weight excluding hydrogens is 204 g/mol. The van der Waals surface area contributed by atoms with Crippen LogP contribution < -0.4 is 15.8 Å². The van der Waals surface area contributed by atoms with E-state index in [0.29, 0.717) is 13.0 Å². The maximum Gasteiger partial charge on any atom is 0.176 e. The fourth-order valence-corrected chi connectivity index (χ4v) is 1.45. The van der Waals surface area contributed by atoms with Crippen LogP contribution in [0.5, 0.6) is 5.75 Å². The zero-order valence-corrected chi connectivity index (χ0v) is 9.60. The molecule has 1 aromatic carbocycles. The highest BCUT2D eigenvalue weighted by Gasteiger charge is 2.18. The topological polar surface area (TPSA) is 67.5 Å². The summed E-state index contributed by atoms with van der Waals surface area (Å²) in [5.41, 5.74) is 5.40. The van der Waals surface area contributed by atoms with E-state index in [4.69, 9.17) is 10.5 Å². The van der Waals surface area contributed by atoms with Crippen LogP contribution in [0, 0.1) is 0 Å². The number of rotatable bonds is 7. The van der Waals surface area contributed by atoms with Gasteiger partial charge < -0.3 is 15.6 Å². The summed E-state index contributed by atoms with van der Waals surface area (Å²) >= 11 is 0. The van der Waals surface area contributed by atoms with Gasteiger partial charge in [0, 0.05) is 0 Å². The molecule has 4 N–H and O–H groups in total. The van der Waals surface area contributed by atoms with Crippen molar-refractivity contribution in [1.82, 2.24) is 5.32 Å². The van der Waals surface area contributed by atoms with Crippen LogP contribution in [0.1, 0.15) is 12.8 Å². The highest BCUT2D eigenvalue weighted by atomic mass is 16.5. The first-order valence-electron chi connectivity index (χ1n) is 5.55. The monoisotopic (exact) mass is 224 g/mol. The first-order chi connectivity index (χ1) is 7.77. The van der Waals surface area contributed by atoms with Crippen molar-refractivity contribution in [2.24, 2.45) is 5.73 Å². The van der Waals surface area contributed by atoms with Gasteiger partial charge in [-0.3, -0.25) is 5.32 Å². The van der Waals surface area contributed by atoms with Gasteiger partial charge in [0.15, 0.2) is 6.23 Å². The second kappa shape index (κ2) is 7.22. The van der Waals surface area contributed by atoms with Crippen LogP contribution in [0.25, 0.3) is 0 Å². The molecule has 0 fully saturated rings. The molecule has 1 rings (SSSR count). The lowest BCUT2D eigenvalue weighted by atomic mass is 10.1. The minimum atomic E-state index is -0.547. The van der Waals surface area contributed by atoms with Crippen LogP contribution in [0.15, 0.2) is 30.3 Å². The van der Waals surface area contributed by atoms with E-state index in [9.17, 15) is 5.11 Å². The lowest BCUT2D eigenvalue weighted by molar-refractivity contribution is 0.0146. The van der Waals surface area contributed by atoms with Crippen LogP contribution in [0.2, 0.25) is 0 Å². The Hall–Kier alpha value is -1.10. The molecule has 4 heteroatoms. The first kappa shape index (κ1) is 13.0. The van der Waals surface area contributed by atoms with Gasteiger partial charge in [-0.15, -0.1) is 0 Å². The first-order valence-corrected chi connectivity index (χ1v) is 5.55. The van der Waals surface area contributed by atoms with Crippen molar-refractivity contribution in [2.75, 3.05) is 13.6 Å². The van der Waals surface area contributed by atoms with Gasteiger partial charge in [-0.1, -0.05) is 18.2 Å². The van der Waals surface area contributed by atoms with Crippen molar-refractivity contribution in [1.29, 1.82) is 0 Å². The number of para-hydroxylation sites is 1. The van der Waals surface area contributed by atoms with Crippen LogP contribution in [-0.4, -0.2) is 31.0 Å². The fraction of sp³-hybridized carbons (Fsp3) is 0.500. The lowest BCUT2D eigenvalue weighted by Crippen LogP contribution is -2.42. The van der Waals surface area contributed by atoms with Gasteiger partial charge in [-0.05, 0) is 38.6 Å². The molecule has 0 bridgehead atoms. The number of nitrogens with two attached hydrogens (primary N) is 1. The van der Waals surface area contributed by atoms with Crippen LogP contribution in [0.4, 0.5) is 0 Å². The van der Waals surface area contributed by atoms with Gasteiger partial charge in [-0.25, -0.2) is 0 Å². The number of hydrogen-bond donors (Lipinski definition) is 3. The van der Waals surface area contributed by atoms with Crippen molar-refractivity contribution < 1.29 is 9.84 Å². The van der Waals surface area contributed by atoms with Crippen molar-refractivity contribution in [3.63, 3.8) is 0 Å². The summed E-state index contributed by atoms with van der Waals surface area (Å²) < 4.78 is 5.62. The molecule has 0 aliphatic carbocycles. The van der Waals surface area contributed by atoms with Gasteiger partial charge in [0.1, 0.15) is 11.9 Å². The molecule has 1 aromatic rings. The maximum absolute atomic E-state index is 9.86. The third-order valence-electron chi connectivity index (χ3n) is 2.34. The van der Waals surface area contributed by atoms with E-state index >= 15 is 0 Å². The molecule has 90 valence electrons. The molecule has 0 radical (unpaired) electrons. The summed E-state index contributed by atoms with van der Waals surface area (Å²) in [6, 6.07) is 9.44. The molecule has 0 saturated carbocycles. The Morgan fingerprint density at radius 2 is 2.06 bits per heavy atom. The standard InChI is InChI=1S/C12H20N2O2/c1-14-12(11(15)8-5-9-13)16-10-6-3-2-4-7-10/h2-4,6-7,11-12,14-15H,5,8-9,13H2,1H3. The molecule has 0 aliphatic rings. The van der Waals surface area contributed by atoms with Crippen LogP contribution in [0.3, 0.4) is 0 Å². The molecule has 16 heavy (non-hydrogen) atoms. The molecule has 0 aromatic heterocycles. The number of hydrogen-bond acceptors (Lipinski definition) is 4. The fourth-order valence-electron chi connectivity index (χ4n) is 1.45. The number of ether oxygens (including phenoxy) is 1. The summed E-state index contributed by atoms with van der Waals surface area (Å²) in [5.74, 6) is 0.744. The normalized spacial score (nSPS) is 14.4. The molecule has 0 spiro atoms. The summed E-state index contributed by atoms with van der Waals surface area (Å²) in [7, 11) is 1.76. The van der Waals surface area contributed by atoms with Gasteiger partial charge in [-0.2, -0.15) is 0 Å². The average Bonchev–Trinajstić information content (AvgIpc) is 2.34. The summed E-state index contributed by atoms with van der Waals surface area (Å²) in [6.45, 7) is 0.582. The van der Waals surface area contributed by atoms with Gasteiger partial charge in [0.05, 0.1) is 0 Å². The van der Waals surface area contributed by atoms with Crippen molar-refractivity contribution >= 4 is 0 Å². The predicted molar refractivity (Wildman–Crippen MR) is 64.2 cm³/mol. The third-order valence-corrected chi connectivity index (χ3v) is 2.34. The molecule has 2 unspecified atom stereocenters. The van der Waals surface area contributed by atoms with Gasteiger partial charge in [0.2, 0.25) is 0 Å². The molecular formula is C12H20N2O2. The van der Waals surface area contributed by atoms with Crippen LogP contribution in [-0.2, 0) is 0 Å².